The van der Waals surface area contributed by atoms with E-state index >= 15 is 0 Å². The van der Waals surface area contributed by atoms with Crippen LogP contribution in [0.1, 0.15) is 54.5 Å². The van der Waals surface area contributed by atoms with Gasteiger partial charge >= 0.3 is 0 Å². The number of fused-ring (bicyclic) bond motifs is 1. The molecule has 1 aromatic heterocycles. The molecule has 0 aliphatic carbocycles. The molecule has 1 aliphatic heterocycles. The van der Waals surface area contributed by atoms with Gasteiger partial charge in [-0.3, -0.25) is 9.69 Å². The molecule has 1 N–H and O–H groups in total. The molecule has 3 rings (SSSR count). The Morgan fingerprint density at radius 1 is 1.25 bits per heavy atom. The summed E-state index contributed by atoms with van der Waals surface area (Å²) in [5, 5.41) is 14.2. The van der Waals surface area contributed by atoms with Crippen LogP contribution in [0.15, 0.2) is 17.3 Å². The van der Waals surface area contributed by atoms with E-state index in [1.165, 1.54) is 11.8 Å². The Bertz CT molecular complexity index is 948. The molecule has 1 aliphatic rings. The molecule has 0 radical (unpaired) electrons. The number of rotatable bonds is 5. The van der Waals surface area contributed by atoms with Crippen molar-refractivity contribution in [3.63, 3.8) is 0 Å². The Balaban J connectivity index is 2.33. The van der Waals surface area contributed by atoms with Crippen LogP contribution in [0.5, 0.6) is 5.75 Å². The standard InChI is InChI=1S/C20H24N4O4/c1-7-14(23-27)16-15-18(22-12(4)21-16)24(19(25)20(15,5)26)17-10(2)8-13(28-6)9-11(17)3/h8-9,14,26H,7H2,1-6H3. The van der Waals surface area contributed by atoms with Gasteiger partial charge in [0.2, 0.25) is 0 Å². The van der Waals surface area contributed by atoms with Crippen molar-refractivity contribution in [1.29, 1.82) is 0 Å². The van der Waals surface area contributed by atoms with Crippen LogP contribution in [0, 0.1) is 25.7 Å². The minimum atomic E-state index is -1.87. The van der Waals surface area contributed by atoms with Crippen LogP contribution >= 0.6 is 0 Å². The summed E-state index contributed by atoms with van der Waals surface area (Å²) in [5.74, 6) is 0.819. The number of anilines is 2. The summed E-state index contributed by atoms with van der Waals surface area (Å²) in [6.45, 7) is 8.62. The van der Waals surface area contributed by atoms with Crippen LogP contribution in [0.2, 0.25) is 0 Å². The van der Waals surface area contributed by atoms with E-state index in [0.717, 1.165) is 11.1 Å². The molecule has 2 heterocycles. The molecule has 1 amide bonds. The molecule has 1 aromatic carbocycles. The second-order valence-electron chi connectivity index (χ2n) is 7.21. The minimum Gasteiger partial charge on any atom is -0.497 e. The zero-order chi connectivity index (χ0) is 20.8. The van der Waals surface area contributed by atoms with Crippen LogP contribution in [-0.2, 0) is 10.4 Å². The summed E-state index contributed by atoms with van der Waals surface area (Å²) < 4.78 is 5.30. The average molecular weight is 384 g/mol. The Morgan fingerprint density at radius 3 is 2.36 bits per heavy atom. The second-order valence-corrected chi connectivity index (χ2v) is 7.21. The largest absolute Gasteiger partial charge is 0.497 e. The van der Waals surface area contributed by atoms with E-state index in [-0.39, 0.29) is 11.4 Å². The predicted molar refractivity (Wildman–Crippen MR) is 105 cm³/mol. The highest BCUT2D eigenvalue weighted by molar-refractivity contribution is 6.12. The molecule has 0 fully saturated rings. The normalized spacial score (nSPS) is 19.5. The number of nitroso groups, excluding NO2 is 1. The van der Waals surface area contributed by atoms with E-state index in [2.05, 4.69) is 15.1 Å². The first-order valence-corrected chi connectivity index (χ1v) is 9.10. The predicted octanol–water partition coefficient (Wildman–Crippen LogP) is 3.51. The van der Waals surface area contributed by atoms with Crippen LogP contribution in [0.25, 0.3) is 0 Å². The van der Waals surface area contributed by atoms with Crippen molar-refractivity contribution < 1.29 is 14.6 Å². The Labute approximate surface area is 163 Å². The maximum Gasteiger partial charge on any atom is 0.269 e. The molecule has 0 saturated heterocycles. The number of aromatic nitrogens is 2. The van der Waals surface area contributed by atoms with E-state index in [4.69, 9.17) is 4.74 Å². The summed E-state index contributed by atoms with van der Waals surface area (Å²) in [5.41, 5.74) is 0.893. The van der Waals surface area contributed by atoms with Crippen LogP contribution in [0.3, 0.4) is 0 Å². The molecule has 0 spiro atoms. The van der Waals surface area contributed by atoms with Crippen molar-refractivity contribution in [3.05, 3.63) is 45.2 Å². The lowest BCUT2D eigenvalue weighted by atomic mass is 9.93. The Kier molecular flexibility index (Phi) is 4.93. The van der Waals surface area contributed by atoms with Crippen LogP contribution < -0.4 is 9.64 Å². The van der Waals surface area contributed by atoms with Gasteiger partial charge in [-0.2, -0.15) is 4.91 Å². The first-order valence-electron chi connectivity index (χ1n) is 9.10. The number of amides is 1. The van der Waals surface area contributed by atoms with E-state index in [1.54, 1.807) is 21.0 Å². The number of hydrogen-bond acceptors (Lipinski definition) is 7. The Hall–Kier alpha value is -2.87. The summed E-state index contributed by atoms with van der Waals surface area (Å²) in [6, 6.07) is 2.87. The van der Waals surface area contributed by atoms with Gasteiger partial charge in [0, 0.05) is 0 Å². The number of carbonyl (C=O) groups is 1. The molecule has 2 aromatic rings. The molecule has 2 unspecified atom stereocenters. The molecule has 8 nitrogen and oxygen atoms in total. The fraction of sp³-hybridized carbons (Fsp3) is 0.450. The van der Waals surface area contributed by atoms with Gasteiger partial charge in [0.25, 0.3) is 5.91 Å². The van der Waals surface area contributed by atoms with Gasteiger partial charge < -0.3 is 9.84 Å². The lowest BCUT2D eigenvalue weighted by molar-refractivity contribution is -0.133. The van der Waals surface area contributed by atoms with Crippen molar-refractivity contribution in [3.8, 4) is 5.75 Å². The third-order valence-electron chi connectivity index (χ3n) is 5.10. The first-order chi connectivity index (χ1) is 13.2. The number of ether oxygens (including phenoxy) is 1. The molecular formula is C20H24N4O4. The number of benzene rings is 1. The number of nitrogens with zero attached hydrogens (tertiary/aromatic N) is 4. The van der Waals surface area contributed by atoms with Crippen molar-refractivity contribution in [1.82, 2.24) is 9.97 Å². The summed E-state index contributed by atoms with van der Waals surface area (Å²) in [4.78, 5) is 34.9. The average Bonchev–Trinajstić information content (AvgIpc) is 2.82. The highest BCUT2D eigenvalue weighted by Gasteiger charge is 2.51. The van der Waals surface area contributed by atoms with Gasteiger partial charge in [0.05, 0.1) is 24.1 Å². The third kappa shape index (κ3) is 2.84. The van der Waals surface area contributed by atoms with Gasteiger partial charge in [-0.1, -0.05) is 12.1 Å². The van der Waals surface area contributed by atoms with E-state index in [0.29, 0.717) is 29.4 Å². The van der Waals surface area contributed by atoms with Gasteiger partial charge in [-0.25, -0.2) is 9.97 Å². The monoisotopic (exact) mass is 384 g/mol. The zero-order valence-electron chi connectivity index (χ0n) is 16.9. The topological polar surface area (TPSA) is 105 Å². The second kappa shape index (κ2) is 6.94. The Morgan fingerprint density at radius 2 is 1.86 bits per heavy atom. The molecule has 0 saturated carbocycles. The van der Waals surface area contributed by atoms with Gasteiger partial charge in [-0.15, -0.1) is 0 Å². The molecular weight excluding hydrogens is 360 g/mol. The van der Waals surface area contributed by atoms with Crippen molar-refractivity contribution in [2.75, 3.05) is 12.0 Å². The minimum absolute atomic E-state index is 0.240. The number of aryl methyl sites for hydroxylation is 3. The van der Waals surface area contributed by atoms with Gasteiger partial charge in [0.1, 0.15) is 17.6 Å². The van der Waals surface area contributed by atoms with Crippen molar-refractivity contribution in [2.24, 2.45) is 5.18 Å². The molecule has 0 bridgehead atoms. The van der Waals surface area contributed by atoms with E-state index < -0.39 is 17.6 Å². The summed E-state index contributed by atoms with van der Waals surface area (Å²) in [6.07, 6.45) is 0.400. The highest BCUT2D eigenvalue weighted by Crippen LogP contribution is 2.48. The maximum absolute atomic E-state index is 13.3. The lowest BCUT2D eigenvalue weighted by Crippen LogP contribution is -2.36. The first kappa shape index (κ1) is 19.9. The molecule has 2 atom stereocenters. The highest BCUT2D eigenvalue weighted by atomic mass is 16.5. The third-order valence-corrected chi connectivity index (χ3v) is 5.10. The molecule has 8 heteroatoms. The van der Waals surface area contributed by atoms with Crippen LogP contribution in [0.4, 0.5) is 11.5 Å². The summed E-state index contributed by atoms with van der Waals surface area (Å²) >= 11 is 0. The quantitative estimate of drug-likeness (QED) is 0.791. The van der Waals surface area contributed by atoms with E-state index in [9.17, 15) is 14.8 Å². The lowest BCUT2D eigenvalue weighted by Gasteiger charge is -2.23. The van der Waals surface area contributed by atoms with Gasteiger partial charge in [-0.05, 0) is 57.4 Å². The number of methoxy groups -OCH3 is 1. The van der Waals surface area contributed by atoms with Gasteiger partial charge in [0.15, 0.2) is 11.4 Å². The van der Waals surface area contributed by atoms with Crippen molar-refractivity contribution in [2.45, 2.75) is 52.7 Å². The summed E-state index contributed by atoms with van der Waals surface area (Å²) in [7, 11) is 1.58. The number of aliphatic hydroxyl groups is 1. The molecule has 148 valence electrons. The zero-order valence-corrected chi connectivity index (χ0v) is 16.9. The fourth-order valence-corrected chi connectivity index (χ4v) is 3.78. The van der Waals surface area contributed by atoms with Crippen molar-refractivity contribution >= 4 is 17.4 Å². The van der Waals surface area contributed by atoms with E-state index in [1.807, 2.05) is 26.0 Å². The number of hydrogen-bond donors (Lipinski definition) is 1. The smallest absolute Gasteiger partial charge is 0.269 e. The SMILES string of the molecule is CCC(N=O)c1nc(C)nc2c1C(C)(O)C(=O)N2c1c(C)cc(OC)cc1C. The molecule has 28 heavy (non-hydrogen) atoms. The number of carbonyl (C=O) groups excluding carboxylic acids is 1. The maximum atomic E-state index is 13.3. The van der Waals surface area contributed by atoms with Crippen LogP contribution in [-0.4, -0.2) is 28.1 Å². The fourth-order valence-electron chi connectivity index (χ4n) is 3.78.